The van der Waals surface area contributed by atoms with Crippen molar-refractivity contribution in [2.75, 3.05) is 19.0 Å². The Morgan fingerprint density at radius 3 is 2.37 bits per heavy atom. The first kappa shape index (κ1) is 26.0. The van der Waals surface area contributed by atoms with E-state index in [-0.39, 0.29) is 39.8 Å². The molecule has 0 radical (unpaired) electrons. The summed E-state index contributed by atoms with van der Waals surface area (Å²) < 4.78 is 15.8. The average Bonchev–Trinajstić information content (AvgIpc) is 2.81. The van der Waals surface area contributed by atoms with Crippen molar-refractivity contribution in [3.05, 3.63) is 41.5 Å². The zero-order valence-electron chi connectivity index (χ0n) is 18.4. The van der Waals surface area contributed by atoms with Gasteiger partial charge in [-0.25, -0.2) is 0 Å². The Bertz CT molecular complexity index is 1090. The minimum Gasteiger partial charge on any atom is -0.508 e. The molecular formula is C22H25NO12. The van der Waals surface area contributed by atoms with Gasteiger partial charge in [0.2, 0.25) is 6.29 Å². The zero-order valence-corrected chi connectivity index (χ0v) is 18.4. The molecule has 0 unspecified atom stereocenters. The fourth-order valence-corrected chi connectivity index (χ4v) is 3.48. The summed E-state index contributed by atoms with van der Waals surface area (Å²) in [7, 11) is 1.26. The van der Waals surface area contributed by atoms with Crippen LogP contribution in [0, 0.1) is 0 Å². The Balaban J connectivity index is 1.92. The maximum Gasteiger partial charge on any atom is 0.307 e. The van der Waals surface area contributed by atoms with Crippen LogP contribution in [0.25, 0.3) is 0 Å². The zero-order chi connectivity index (χ0) is 25.9. The molecule has 3 rings (SSSR count). The van der Waals surface area contributed by atoms with Gasteiger partial charge in [-0.05, 0) is 29.8 Å². The summed E-state index contributed by atoms with van der Waals surface area (Å²) in [4.78, 5) is 24.3. The number of ether oxygens (including phenoxy) is 3. The van der Waals surface area contributed by atoms with Gasteiger partial charge in [0.1, 0.15) is 35.9 Å². The monoisotopic (exact) mass is 495 g/mol. The lowest BCUT2D eigenvalue weighted by atomic mass is 9.99. The number of aliphatic hydroxyl groups excluding tert-OH is 4. The summed E-state index contributed by atoms with van der Waals surface area (Å²) in [5.41, 5.74) is -0.217. The van der Waals surface area contributed by atoms with Crippen LogP contribution in [0.1, 0.15) is 15.9 Å². The molecule has 1 amide bonds. The topological polar surface area (TPSA) is 215 Å². The quantitative estimate of drug-likeness (QED) is 0.211. The number of carbonyl (C=O) groups excluding carboxylic acids is 1. The van der Waals surface area contributed by atoms with Crippen molar-refractivity contribution in [1.29, 1.82) is 0 Å². The summed E-state index contributed by atoms with van der Waals surface area (Å²) in [6, 6.07) is 5.73. The molecule has 1 saturated heterocycles. The van der Waals surface area contributed by atoms with Gasteiger partial charge in [0.05, 0.1) is 25.7 Å². The predicted octanol–water partition coefficient (Wildman–Crippen LogP) is -0.836. The molecule has 1 aliphatic rings. The molecule has 5 atom stereocenters. The summed E-state index contributed by atoms with van der Waals surface area (Å²) >= 11 is 0. The van der Waals surface area contributed by atoms with Crippen molar-refractivity contribution in [2.24, 2.45) is 0 Å². The third-order valence-corrected chi connectivity index (χ3v) is 5.29. The second-order valence-corrected chi connectivity index (χ2v) is 7.70. The predicted molar refractivity (Wildman–Crippen MR) is 116 cm³/mol. The molecule has 0 saturated carbocycles. The van der Waals surface area contributed by atoms with Crippen molar-refractivity contribution < 1.29 is 59.5 Å². The fourth-order valence-electron chi connectivity index (χ4n) is 3.48. The van der Waals surface area contributed by atoms with Crippen molar-refractivity contribution in [2.45, 2.75) is 37.1 Å². The number of aromatic hydroxyl groups is 2. The highest BCUT2D eigenvalue weighted by Gasteiger charge is 2.45. The van der Waals surface area contributed by atoms with E-state index in [0.29, 0.717) is 0 Å². The van der Waals surface area contributed by atoms with Gasteiger partial charge < -0.3 is 55.3 Å². The number of rotatable bonds is 8. The molecule has 35 heavy (non-hydrogen) atoms. The van der Waals surface area contributed by atoms with Crippen LogP contribution < -0.4 is 14.8 Å². The first-order valence-electron chi connectivity index (χ1n) is 10.3. The standard InChI is InChI=1S/C22H25NO12/c1-33-15-7-12(9(4-13(15)26)5-17(27)28)23-21(32)11-6-10(25)2-3-14(11)34-22-20(31)19(30)18(29)16(8-24)35-22/h2-4,6-7,16,18-20,22,24-26,29-31H,5,8H2,1H3,(H,23,32)(H,27,28)/t16-,18-,19+,20-,22-/m1/s1. The van der Waals surface area contributed by atoms with E-state index in [1.807, 2.05) is 0 Å². The Hall–Kier alpha value is -3.62. The van der Waals surface area contributed by atoms with Crippen LogP contribution in [0.2, 0.25) is 0 Å². The summed E-state index contributed by atoms with van der Waals surface area (Å²) in [6.07, 6.45) is -8.48. The lowest BCUT2D eigenvalue weighted by molar-refractivity contribution is -0.277. The van der Waals surface area contributed by atoms with Crippen molar-refractivity contribution >= 4 is 17.6 Å². The number of carboxylic acid groups (broad SMARTS) is 1. The molecule has 0 aliphatic carbocycles. The molecular weight excluding hydrogens is 470 g/mol. The van der Waals surface area contributed by atoms with Crippen LogP contribution in [0.3, 0.4) is 0 Å². The maximum atomic E-state index is 13.1. The minimum absolute atomic E-state index is 0.00539. The van der Waals surface area contributed by atoms with E-state index in [0.717, 1.165) is 12.1 Å². The van der Waals surface area contributed by atoms with Gasteiger partial charge >= 0.3 is 5.97 Å². The van der Waals surface area contributed by atoms with Gasteiger partial charge in [-0.15, -0.1) is 0 Å². The number of methoxy groups -OCH3 is 1. The number of phenols is 2. The second-order valence-electron chi connectivity index (χ2n) is 7.70. The number of carbonyl (C=O) groups is 2. The Morgan fingerprint density at radius 2 is 1.74 bits per heavy atom. The van der Waals surface area contributed by atoms with E-state index >= 15 is 0 Å². The van der Waals surface area contributed by atoms with E-state index in [1.165, 1.54) is 25.3 Å². The molecule has 13 heteroatoms. The number of aliphatic carboxylic acids is 1. The SMILES string of the molecule is COc1cc(NC(=O)c2cc(O)ccc2O[C@@H]2O[C@H](CO)[C@@H](O)[C@H](O)[C@H]2O)c(CC(=O)O)cc1O. The van der Waals surface area contributed by atoms with Gasteiger partial charge in [0.25, 0.3) is 5.91 Å². The number of phenolic OH excluding ortho intramolecular Hbond substituents is 2. The number of anilines is 1. The maximum absolute atomic E-state index is 13.1. The number of amides is 1. The number of hydrogen-bond acceptors (Lipinski definition) is 11. The molecule has 8 N–H and O–H groups in total. The Labute approximate surface area is 198 Å². The highest BCUT2D eigenvalue weighted by Crippen LogP contribution is 2.34. The van der Waals surface area contributed by atoms with E-state index in [1.54, 1.807) is 0 Å². The molecule has 13 nitrogen and oxygen atoms in total. The van der Waals surface area contributed by atoms with Gasteiger partial charge in [-0.2, -0.15) is 0 Å². The molecule has 0 spiro atoms. The molecule has 1 aliphatic heterocycles. The first-order valence-corrected chi connectivity index (χ1v) is 10.3. The molecule has 0 bridgehead atoms. The number of benzene rings is 2. The van der Waals surface area contributed by atoms with Gasteiger partial charge in [-0.3, -0.25) is 9.59 Å². The van der Waals surface area contributed by atoms with Crippen LogP contribution >= 0.6 is 0 Å². The summed E-state index contributed by atoms with van der Waals surface area (Å²) in [5, 5.41) is 71.0. The van der Waals surface area contributed by atoms with Crippen LogP contribution in [-0.4, -0.2) is 92.0 Å². The van der Waals surface area contributed by atoms with E-state index in [4.69, 9.17) is 19.3 Å². The number of carboxylic acids is 1. The average molecular weight is 495 g/mol. The van der Waals surface area contributed by atoms with Crippen LogP contribution in [0.5, 0.6) is 23.0 Å². The fraction of sp³-hybridized carbons (Fsp3) is 0.364. The highest BCUT2D eigenvalue weighted by atomic mass is 16.7. The van der Waals surface area contributed by atoms with E-state index in [2.05, 4.69) is 5.32 Å². The number of aliphatic hydroxyl groups is 4. The molecule has 190 valence electrons. The lowest BCUT2D eigenvalue weighted by Crippen LogP contribution is -2.60. The van der Waals surface area contributed by atoms with Crippen molar-refractivity contribution in [1.82, 2.24) is 0 Å². The Kier molecular flexibility index (Phi) is 7.99. The van der Waals surface area contributed by atoms with Crippen LogP contribution in [-0.2, 0) is 16.0 Å². The first-order chi connectivity index (χ1) is 16.5. The van der Waals surface area contributed by atoms with E-state index < -0.39 is 55.6 Å². The largest absolute Gasteiger partial charge is 0.508 e. The van der Waals surface area contributed by atoms with E-state index in [9.17, 15) is 40.2 Å². The summed E-state index contributed by atoms with van der Waals surface area (Å²) in [6.45, 7) is -0.692. The molecule has 0 aromatic heterocycles. The second kappa shape index (κ2) is 10.8. The smallest absolute Gasteiger partial charge is 0.307 e. The summed E-state index contributed by atoms with van der Waals surface area (Å²) in [5.74, 6) is -3.02. The number of hydrogen-bond donors (Lipinski definition) is 8. The third-order valence-electron chi connectivity index (χ3n) is 5.29. The number of nitrogens with one attached hydrogen (secondary N) is 1. The van der Waals surface area contributed by atoms with Crippen molar-refractivity contribution in [3.8, 4) is 23.0 Å². The minimum atomic E-state index is -1.75. The van der Waals surface area contributed by atoms with Crippen LogP contribution in [0.4, 0.5) is 5.69 Å². The molecule has 1 fully saturated rings. The lowest BCUT2D eigenvalue weighted by Gasteiger charge is -2.39. The van der Waals surface area contributed by atoms with Gasteiger partial charge in [0, 0.05) is 11.8 Å². The van der Waals surface area contributed by atoms with Crippen LogP contribution in [0.15, 0.2) is 30.3 Å². The molecule has 1 heterocycles. The Morgan fingerprint density at radius 1 is 1.03 bits per heavy atom. The van der Waals surface area contributed by atoms with Gasteiger partial charge in [-0.1, -0.05) is 0 Å². The molecule has 2 aromatic rings. The third kappa shape index (κ3) is 5.72. The van der Waals surface area contributed by atoms with Crippen molar-refractivity contribution in [3.63, 3.8) is 0 Å². The highest BCUT2D eigenvalue weighted by molar-refractivity contribution is 6.07. The molecule has 2 aromatic carbocycles. The van der Waals surface area contributed by atoms with Gasteiger partial charge in [0.15, 0.2) is 11.5 Å². The normalized spacial score (nSPS) is 24.0.